The summed E-state index contributed by atoms with van der Waals surface area (Å²) in [6, 6.07) is -1.01. The summed E-state index contributed by atoms with van der Waals surface area (Å²) in [5.74, 6) is -1.07. The molecule has 0 spiro atoms. The van der Waals surface area contributed by atoms with E-state index in [2.05, 4.69) is 22.5 Å². The van der Waals surface area contributed by atoms with Crippen molar-refractivity contribution in [3.8, 4) is 0 Å². The number of amides is 2. The lowest BCUT2D eigenvalue weighted by Crippen LogP contribution is -2.43. The Hall–Kier alpha value is -1.40. The lowest BCUT2D eigenvalue weighted by Gasteiger charge is -2.22. The van der Waals surface area contributed by atoms with E-state index >= 15 is 0 Å². The number of carbonyl (C=O) groups excluding carboxylic acids is 2. The fraction of sp³-hybridized carbons (Fsp3) is 0.808. The van der Waals surface area contributed by atoms with E-state index < -0.39 is 29.9 Å². The SMILES string of the molecule is C=C(I)C(O)NCCCCCCCCCCCC(=O)NCCCC[C@H](NC(=O)OC(C)(C)C)C(=O)O. The molecule has 0 fully saturated rings. The molecule has 0 saturated carbocycles. The number of ether oxygens (including phenoxy) is 1. The molecule has 0 saturated heterocycles. The number of hydrogen-bond donors (Lipinski definition) is 5. The zero-order valence-electron chi connectivity index (χ0n) is 22.4. The van der Waals surface area contributed by atoms with E-state index in [0.29, 0.717) is 29.4 Å². The molecule has 2 amide bonds. The first-order valence-electron chi connectivity index (χ1n) is 13.2. The summed E-state index contributed by atoms with van der Waals surface area (Å²) in [7, 11) is 0. The molecule has 1 unspecified atom stereocenters. The second-order valence-electron chi connectivity index (χ2n) is 10.1. The Labute approximate surface area is 230 Å². The number of alkyl carbamates (subject to hydrolysis) is 1. The molecule has 0 aromatic rings. The van der Waals surface area contributed by atoms with Gasteiger partial charge >= 0.3 is 12.1 Å². The number of hydrogen-bond acceptors (Lipinski definition) is 6. The van der Waals surface area contributed by atoms with Crippen molar-refractivity contribution in [1.29, 1.82) is 0 Å². The minimum Gasteiger partial charge on any atom is -0.480 e. The normalized spacial score (nSPS) is 13.0. The number of aliphatic carboxylic acids is 1. The maximum absolute atomic E-state index is 12.0. The minimum absolute atomic E-state index is 0.0292. The summed E-state index contributed by atoms with van der Waals surface area (Å²) in [5, 5.41) is 27.1. The maximum Gasteiger partial charge on any atom is 0.408 e. The largest absolute Gasteiger partial charge is 0.480 e. The van der Waals surface area contributed by atoms with Gasteiger partial charge in [0.2, 0.25) is 5.91 Å². The molecule has 0 radical (unpaired) electrons. The second-order valence-corrected chi connectivity index (χ2v) is 11.5. The zero-order chi connectivity index (χ0) is 27.4. The molecule has 9 nitrogen and oxygen atoms in total. The van der Waals surface area contributed by atoms with Crippen LogP contribution < -0.4 is 16.0 Å². The van der Waals surface area contributed by atoms with E-state index in [-0.39, 0.29) is 12.3 Å². The molecular weight excluding hydrogens is 577 g/mol. The topological polar surface area (TPSA) is 137 Å². The highest BCUT2D eigenvalue weighted by molar-refractivity contribution is 14.1. The molecule has 0 aliphatic carbocycles. The van der Waals surface area contributed by atoms with Crippen LogP contribution in [0.2, 0.25) is 0 Å². The number of halogens is 1. The van der Waals surface area contributed by atoms with Crippen LogP contribution in [0, 0.1) is 0 Å². The number of unbranched alkanes of at least 4 members (excludes halogenated alkanes) is 9. The van der Waals surface area contributed by atoms with Crippen LogP contribution in [0.25, 0.3) is 0 Å². The smallest absolute Gasteiger partial charge is 0.408 e. The van der Waals surface area contributed by atoms with Crippen molar-refractivity contribution >= 4 is 40.6 Å². The van der Waals surface area contributed by atoms with Crippen molar-refractivity contribution < 1.29 is 29.3 Å². The standard InChI is InChI=1S/C26H48IN3O6/c1-20(27)23(32)29-19-14-11-9-7-5-6-8-10-12-17-22(31)28-18-15-13-16-21(24(33)34)30-25(35)36-26(2,3)4/h21,23,29,32H,1,5-19H2,2-4H3,(H,28,31)(H,30,35)(H,33,34)/t21-,23?/m0/s1. The molecule has 36 heavy (non-hydrogen) atoms. The highest BCUT2D eigenvalue weighted by atomic mass is 127. The zero-order valence-corrected chi connectivity index (χ0v) is 24.5. The minimum atomic E-state index is -1.10. The molecule has 0 bridgehead atoms. The van der Waals surface area contributed by atoms with Crippen LogP contribution in [-0.2, 0) is 14.3 Å². The van der Waals surface area contributed by atoms with E-state index in [9.17, 15) is 24.6 Å². The molecule has 0 aromatic heterocycles. The van der Waals surface area contributed by atoms with Gasteiger partial charge in [-0.25, -0.2) is 9.59 Å². The Balaban J connectivity index is 3.62. The molecule has 5 N–H and O–H groups in total. The molecule has 0 aromatic carbocycles. The Kier molecular flexibility index (Phi) is 19.8. The third-order valence-corrected chi connectivity index (χ3v) is 6.04. The first-order chi connectivity index (χ1) is 16.9. The number of carbonyl (C=O) groups is 3. The molecule has 210 valence electrons. The highest BCUT2D eigenvalue weighted by Crippen LogP contribution is 2.11. The van der Waals surface area contributed by atoms with Crippen molar-refractivity contribution in [3.63, 3.8) is 0 Å². The Morgan fingerprint density at radius 1 is 0.889 bits per heavy atom. The van der Waals surface area contributed by atoms with Crippen molar-refractivity contribution in [3.05, 3.63) is 10.2 Å². The van der Waals surface area contributed by atoms with Gasteiger partial charge in [0.05, 0.1) is 0 Å². The van der Waals surface area contributed by atoms with E-state index in [1.807, 2.05) is 22.6 Å². The quantitative estimate of drug-likeness (QED) is 0.0688. The van der Waals surface area contributed by atoms with Crippen LogP contribution in [-0.4, -0.2) is 59.1 Å². The van der Waals surface area contributed by atoms with Crippen molar-refractivity contribution in [2.24, 2.45) is 0 Å². The van der Waals surface area contributed by atoms with Gasteiger partial charge in [-0.3, -0.25) is 10.1 Å². The summed E-state index contributed by atoms with van der Waals surface area (Å²) < 4.78 is 5.81. The number of rotatable bonds is 21. The van der Waals surface area contributed by atoms with Gasteiger partial charge in [-0.1, -0.05) is 51.5 Å². The van der Waals surface area contributed by atoms with Gasteiger partial charge in [0.15, 0.2) is 0 Å². The first kappa shape index (κ1) is 34.6. The summed E-state index contributed by atoms with van der Waals surface area (Å²) in [6.07, 6.45) is 10.8. The number of carboxylic acid groups (broad SMARTS) is 1. The van der Waals surface area contributed by atoms with Crippen molar-refractivity contribution in [2.45, 2.75) is 122 Å². The van der Waals surface area contributed by atoms with E-state index in [1.54, 1.807) is 20.8 Å². The van der Waals surface area contributed by atoms with Gasteiger partial charge in [0.25, 0.3) is 0 Å². The first-order valence-corrected chi connectivity index (χ1v) is 14.2. The summed E-state index contributed by atoms with van der Waals surface area (Å²) in [4.78, 5) is 35.1. The number of nitrogens with one attached hydrogen (secondary N) is 3. The van der Waals surface area contributed by atoms with E-state index in [0.717, 1.165) is 38.6 Å². The molecule has 0 heterocycles. The lowest BCUT2D eigenvalue weighted by molar-refractivity contribution is -0.139. The molecule has 10 heteroatoms. The van der Waals surface area contributed by atoms with Crippen LogP contribution in [0.3, 0.4) is 0 Å². The number of aliphatic hydroxyl groups is 1. The molecule has 2 atom stereocenters. The Morgan fingerprint density at radius 2 is 1.42 bits per heavy atom. The third kappa shape index (κ3) is 21.8. The number of aliphatic hydroxyl groups excluding tert-OH is 1. The van der Waals surface area contributed by atoms with Crippen molar-refractivity contribution in [2.75, 3.05) is 13.1 Å². The fourth-order valence-electron chi connectivity index (χ4n) is 3.49. The van der Waals surface area contributed by atoms with Gasteiger partial charge in [-0.2, -0.15) is 0 Å². The van der Waals surface area contributed by atoms with E-state index in [1.165, 1.54) is 25.7 Å². The van der Waals surface area contributed by atoms with Crippen LogP contribution in [0.15, 0.2) is 10.2 Å². The fourth-order valence-corrected chi connectivity index (χ4v) is 3.71. The highest BCUT2D eigenvalue weighted by Gasteiger charge is 2.23. The Bertz CT molecular complexity index is 654. The second kappa shape index (κ2) is 20.6. The van der Waals surface area contributed by atoms with Gasteiger partial charge in [0, 0.05) is 16.5 Å². The van der Waals surface area contributed by atoms with Crippen LogP contribution in [0.4, 0.5) is 4.79 Å². The maximum atomic E-state index is 12.0. The van der Waals surface area contributed by atoms with Gasteiger partial charge in [-0.15, -0.1) is 0 Å². The van der Waals surface area contributed by atoms with Crippen LogP contribution in [0.5, 0.6) is 0 Å². The lowest BCUT2D eigenvalue weighted by atomic mass is 10.1. The molecule has 0 aliphatic rings. The van der Waals surface area contributed by atoms with Gasteiger partial charge in [-0.05, 0) is 82.0 Å². The average molecular weight is 626 g/mol. The van der Waals surface area contributed by atoms with Crippen LogP contribution >= 0.6 is 22.6 Å². The van der Waals surface area contributed by atoms with Crippen LogP contribution in [0.1, 0.15) is 104 Å². The molecular formula is C26H48IN3O6. The summed E-state index contributed by atoms with van der Waals surface area (Å²) >= 11 is 2.02. The molecule has 0 rings (SSSR count). The molecule has 0 aliphatic heterocycles. The summed E-state index contributed by atoms with van der Waals surface area (Å²) in [6.45, 7) is 10.2. The third-order valence-electron chi connectivity index (χ3n) is 5.45. The number of carboxylic acids is 1. The predicted molar refractivity (Wildman–Crippen MR) is 151 cm³/mol. The monoisotopic (exact) mass is 625 g/mol. The Morgan fingerprint density at radius 3 is 1.94 bits per heavy atom. The summed E-state index contributed by atoms with van der Waals surface area (Å²) in [5.41, 5.74) is -0.688. The van der Waals surface area contributed by atoms with Gasteiger partial charge < -0.3 is 25.6 Å². The van der Waals surface area contributed by atoms with Gasteiger partial charge in [0.1, 0.15) is 17.9 Å². The van der Waals surface area contributed by atoms with E-state index in [4.69, 9.17) is 4.74 Å². The predicted octanol–water partition coefficient (Wildman–Crippen LogP) is 5.01. The average Bonchev–Trinajstić information content (AvgIpc) is 2.77. The van der Waals surface area contributed by atoms with Crippen molar-refractivity contribution in [1.82, 2.24) is 16.0 Å².